The van der Waals surface area contributed by atoms with Crippen LogP contribution in [0.15, 0.2) is 24.3 Å². The van der Waals surface area contributed by atoms with Crippen LogP contribution in [0.1, 0.15) is 46.1 Å². The lowest BCUT2D eigenvalue weighted by molar-refractivity contribution is 0.0601. The number of hydrogen-bond acceptors (Lipinski definition) is 5. The minimum absolute atomic E-state index is 0.0283. The van der Waals surface area contributed by atoms with Gasteiger partial charge >= 0.3 is 12.0 Å². The number of methoxy groups -OCH3 is 1. The van der Waals surface area contributed by atoms with Crippen LogP contribution >= 0.6 is 11.5 Å². The summed E-state index contributed by atoms with van der Waals surface area (Å²) in [7, 11) is 3.10. The summed E-state index contributed by atoms with van der Waals surface area (Å²) in [5.41, 5.74) is 3.36. The number of carbonyl (C=O) groups is 2. The number of rotatable bonds is 3. The fraction of sp³-hybridized carbons (Fsp3) is 0.389. The molecule has 2 amide bonds. The summed E-state index contributed by atoms with van der Waals surface area (Å²) in [5.74, 6) is -0.493. The molecule has 1 atom stereocenters. The second-order valence-electron chi connectivity index (χ2n) is 6.11. The topological polar surface area (TPSA) is 71.5 Å². The normalized spacial score (nSPS) is 16.0. The van der Waals surface area contributed by atoms with Gasteiger partial charge in [-0.2, -0.15) is 4.37 Å². The van der Waals surface area contributed by atoms with E-state index in [-0.39, 0.29) is 12.1 Å². The highest BCUT2D eigenvalue weighted by Crippen LogP contribution is 2.34. The van der Waals surface area contributed by atoms with Gasteiger partial charge in [0.15, 0.2) is 0 Å². The van der Waals surface area contributed by atoms with E-state index >= 15 is 0 Å². The van der Waals surface area contributed by atoms with Crippen LogP contribution in [0.2, 0.25) is 0 Å². The van der Waals surface area contributed by atoms with Crippen LogP contribution in [-0.4, -0.2) is 35.4 Å². The van der Waals surface area contributed by atoms with Crippen LogP contribution in [0.5, 0.6) is 0 Å². The number of amides is 2. The third-order valence-corrected chi connectivity index (χ3v) is 5.45. The fourth-order valence-electron chi connectivity index (χ4n) is 3.25. The number of ether oxygens (including phenoxy) is 1. The molecule has 1 heterocycles. The molecule has 0 bridgehead atoms. The number of anilines is 1. The lowest BCUT2D eigenvalue weighted by Crippen LogP contribution is -2.36. The molecule has 1 aliphatic rings. The summed E-state index contributed by atoms with van der Waals surface area (Å²) < 4.78 is 8.94. The molecule has 0 unspecified atom stereocenters. The number of urea groups is 1. The van der Waals surface area contributed by atoms with Crippen LogP contribution in [0.4, 0.5) is 9.80 Å². The zero-order chi connectivity index (χ0) is 18.0. The number of fused-ring (bicyclic) bond motifs is 1. The highest BCUT2D eigenvalue weighted by Gasteiger charge is 2.28. The average molecular weight is 359 g/mol. The van der Waals surface area contributed by atoms with E-state index in [1.165, 1.54) is 18.2 Å². The first kappa shape index (κ1) is 17.4. The van der Waals surface area contributed by atoms with E-state index in [1.54, 1.807) is 18.9 Å². The smallest absolute Gasteiger partial charge is 0.342 e. The standard InChI is InChI=1S/C18H21N3O3S/c1-11-15(17(22)24-3)16(25-20-11)19-18(23)21(2)14-10-6-8-12-7-4-5-9-13(12)14/h4-5,7,9,14H,6,8,10H2,1-3H3,(H,19,23)/t14-/m0/s1. The maximum atomic E-state index is 12.7. The van der Waals surface area contributed by atoms with Crippen molar-refractivity contribution < 1.29 is 14.3 Å². The molecule has 1 aromatic carbocycles. The molecule has 0 fully saturated rings. The molecular weight excluding hydrogens is 338 g/mol. The predicted octanol–water partition coefficient (Wildman–Crippen LogP) is 3.78. The Balaban J connectivity index is 1.80. The summed E-state index contributed by atoms with van der Waals surface area (Å²) in [6.45, 7) is 1.72. The summed E-state index contributed by atoms with van der Waals surface area (Å²) >= 11 is 1.09. The number of aryl methyl sites for hydroxylation is 2. The SMILES string of the molecule is COC(=O)c1c(C)nsc1NC(=O)N(C)[C@H]1CCCc2ccccc21. The predicted molar refractivity (Wildman–Crippen MR) is 97.1 cm³/mol. The molecule has 1 N–H and O–H groups in total. The van der Waals surface area contributed by atoms with Crippen molar-refractivity contribution in [3.05, 3.63) is 46.6 Å². The number of carbonyl (C=O) groups excluding carboxylic acids is 2. The maximum absolute atomic E-state index is 12.7. The van der Waals surface area contributed by atoms with Gasteiger partial charge in [-0.25, -0.2) is 9.59 Å². The molecule has 0 aliphatic heterocycles. The van der Waals surface area contributed by atoms with E-state index < -0.39 is 5.97 Å². The van der Waals surface area contributed by atoms with Gasteiger partial charge in [0.1, 0.15) is 10.6 Å². The molecule has 1 aromatic heterocycles. The van der Waals surface area contributed by atoms with Gasteiger partial charge in [-0.15, -0.1) is 0 Å². The molecule has 0 spiro atoms. The van der Waals surface area contributed by atoms with Crippen molar-refractivity contribution in [1.82, 2.24) is 9.27 Å². The van der Waals surface area contributed by atoms with Crippen molar-refractivity contribution in [2.24, 2.45) is 0 Å². The van der Waals surface area contributed by atoms with Crippen LogP contribution in [0.3, 0.4) is 0 Å². The van der Waals surface area contributed by atoms with Crippen molar-refractivity contribution >= 4 is 28.5 Å². The molecule has 1 aliphatic carbocycles. The molecule has 3 rings (SSSR count). The van der Waals surface area contributed by atoms with Gasteiger partial charge in [-0.05, 0) is 48.8 Å². The van der Waals surface area contributed by atoms with Crippen molar-refractivity contribution in [2.45, 2.75) is 32.2 Å². The van der Waals surface area contributed by atoms with E-state index in [0.717, 1.165) is 30.8 Å². The molecular formula is C18H21N3O3S. The van der Waals surface area contributed by atoms with Gasteiger partial charge in [-0.1, -0.05) is 24.3 Å². The molecule has 7 heteroatoms. The van der Waals surface area contributed by atoms with Gasteiger partial charge in [0.25, 0.3) is 0 Å². The molecule has 0 radical (unpaired) electrons. The largest absolute Gasteiger partial charge is 0.465 e. The van der Waals surface area contributed by atoms with Crippen LogP contribution in [0.25, 0.3) is 0 Å². The number of hydrogen-bond donors (Lipinski definition) is 1. The number of esters is 1. The van der Waals surface area contributed by atoms with Crippen molar-refractivity contribution in [2.75, 3.05) is 19.5 Å². The Kier molecular flexibility index (Phi) is 5.03. The van der Waals surface area contributed by atoms with E-state index in [2.05, 4.69) is 21.8 Å². The van der Waals surface area contributed by atoms with Crippen LogP contribution in [0, 0.1) is 6.92 Å². The fourth-order valence-corrected chi connectivity index (χ4v) is 4.03. The van der Waals surface area contributed by atoms with E-state index in [1.807, 2.05) is 12.1 Å². The number of aromatic nitrogens is 1. The Morgan fingerprint density at radius 2 is 2.12 bits per heavy atom. The van der Waals surface area contributed by atoms with Gasteiger partial charge in [0.2, 0.25) is 0 Å². The summed E-state index contributed by atoms with van der Waals surface area (Å²) in [5, 5.41) is 3.24. The monoisotopic (exact) mass is 359 g/mol. The number of benzene rings is 1. The van der Waals surface area contributed by atoms with Crippen LogP contribution in [-0.2, 0) is 11.2 Å². The molecule has 0 saturated heterocycles. The number of nitrogens with one attached hydrogen (secondary N) is 1. The van der Waals surface area contributed by atoms with Crippen molar-refractivity contribution in [3.63, 3.8) is 0 Å². The maximum Gasteiger partial charge on any atom is 0.342 e. The highest BCUT2D eigenvalue weighted by molar-refractivity contribution is 7.11. The summed E-state index contributed by atoms with van der Waals surface area (Å²) in [6.07, 6.45) is 3.02. The van der Waals surface area contributed by atoms with Crippen LogP contribution < -0.4 is 5.32 Å². The molecule has 0 saturated carbocycles. The first-order valence-corrected chi connectivity index (χ1v) is 8.96. The zero-order valence-corrected chi connectivity index (χ0v) is 15.4. The second-order valence-corrected chi connectivity index (χ2v) is 6.88. The highest BCUT2D eigenvalue weighted by atomic mass is 32.1. The Morgan fingerprint density at radius 3 is 2.88 bits per heavy atom. The molecule has 25 heavy (non-hydrogen) atoms. The first-order valence-electron chi connectivity index (χ1n) is 8.19. The molecule has 132 valence electrons. The van der Waals surface area contributed by atoms with Crippen molar-refractivity contribution in [3.8, 4) is 0 Å². The Morgan fingerprint density at radius 1 is 1.36 bits per heavy atom. The summed E-state index contributed by atoms with van der Waals surface area (Å²) in [6, 6.07) is 8.01. The summed E-state index contributed by atoms with van der Waals surface area (Å²) in [4.78, 5) is 26.4. The van der Waals surface area contributed by atoms with Gasteiger partial charge in [0, 0.05) is 7.05 Å². The van der Waals surface area contributed by atoms with Gasteiger partial charge < -0.3 is 9.64 Å². The quantitative estimate of drug-likeness (QED) is 0.847. The van der Waals surface area contributed by atoms with Gasteiger partial charge in [0.05, 0.1) is 18.8 Å². The molecule has 2 aromatic rings. The third kappa shape index (κ3) is 3.37. The minimum Gasteiger partial charge on any atom is -0.465 e. The molecule has 6 nitrogen and oxygen atoms in total. The van der Waals surface area contributed by atoms with E-state index in [0.29, 0.717) is 16.3 Å². The Bertz CT molecular complexity index is 803. The van der Waals surface area contributed by atoms with E-state index in [4.69, 9.17) is 4.74 Å². The first-order chi connectivity index (χ1) is 12.0. The lowest BCUT2D eigenvalue weighted by Gasteiger charge is -2.33. The Labute approximate surface area is 151 Å². The number of nitrogens with zero attached hydrogens (tertiary/aromatic N) is 2. The second kappa shape index (κ2) is 7.23. The zero-order valence-electron chi connectivity index (χ0n) is 14.5. The average Bonchev–Trinajstić information content (AvgIpc) is 3.00. The van der Waals surface area contributed by atoms with Crippen molar-refractivity contribution in [1.29, 1.82) is 0 Å². The Hall–Kier alpha value is -2.41. The van der Waals surface area contributed by atoms with Gasteiger partial charge in [-0.3, -0.25) is 5.32 Å². The minimum atomic E-state index is -0.493. The lowest BCUT2D eigenvalue weighted by atomic mass is 9.87. The third-order valence-electron chi connectivity index (χ3n) is 4.60. The van der Waals surface area contributed by atoms with E-state index in [9.17, 15) is 9.59 Å².